The molecule has 1 aromatic carbocycles. The van der Waals surface area contributed by atoms with Crippen LogP contribution >= 0.6 is 15.9 Å². The van der Waals surface area contributed by atoms with Gasteiger partial charge in [-0.05, 0) is 40.5 Å². The highest BCUT2D eigenvalue weighted by molar-refractivity contribution is 9.10. The van der Waals surface area contributed by atoms with E-state index in [-0.39, 0.29) is 11.6 Å². The smallest absolute Gasteiger partial charge is 0.220 e. The van der Waals surface area contributed by atoms with Crippen molar-refractivity contribution in [1.82, 2.24) is 4.98 Å². The first-order chi connectivity index (χ1) is 7.66. The second-order valence-corrected chi connectivity index (χ2v) is 4.10. The summed E-state index contributed by atoms with van der Waals surface area (Å²) < 4.78 is 19.6. The molecule has 0 unspecified atom stereocenters. The van der Waals surface area contributed by atoms with Gasteiger partial charge in [0.25, 0.3) is 0 Å². The van der Waals surface area contributed by atoms with Gasteiger partial charge in [-0.1, -0.05) is 18.2 Å². The highest BCUT2D eigenvalue weighted by Gasteiger charge is 2.07. The molecule has 0 spiro atoms. The Balaban J connectivity index is 2.31. The molecule has 2 aromatic rings. The summed E-state index contributed by atoms with van der Waals surface area (Å²) in [6.07, 6.45) is 0. The third kappa shape index (κ3) is 2.39. The lowest BCUT2D eigenvalue weighted by molar-refractivity contribution is 0.425. The minimum atomic E-state index is -0.357. The van der Waals surface area contributed by atoms with Crippen molar-refractivity contribution < 1.29 is 9.13 Å². The molecule has 16 heavy (non-hydrogen) atoms. The maximum atomic E-state index is 13.6. The molecule has 4 heteroatoms. The van der Waals surface area contributed by atoms with E-state index in [4.69, 9.17) is 4.74 Å². The van der Waals surface area contributed by atoms with Crippen molar-refractivity contribution in [2.24, 2.45) is 0 Å². The van der Waals surface area contributed by atoms with Crippen LogP contribution in [0.25, 0.3) is 0 Å². The number of rotatable bonds is 2. The van der Waals surface area contributed by atoms with Gasteiger partial charge in [-0.25, -0.2) is 9.37 Å². The van der Waals surface area contributed by atoms with Gasteiger partial charge in [0.2, 0.25) is 5.88 Å². The first-order valence-corrected chi connectivity index (χ1v) is 5.51. The van der Waals surface area contributed by atoms with Gasteiger partial charge in [0.15, 0.2) is 11.6 Å². The van der Waals surface area contributed by atoms with E-state index in [1.54, 1.807) is 43.3 Å². The molecule has 0 N–H and O–H groups in total. The van der Waals surface area contributed by atoms with Crippen LogP contribution in [0.2, 0.25) is 0 Å². The number of halogens is 2. The average molecular weight is 282 g/mol. The summed E-state index contributed by atoms with van der Waals surface area (Å²) in [5.41, 5.74) is 0.549. The van der Waals surface area contributed by atoms with Gasteiger partial charge in [-0.3, -0.25) is 0 Å². The summed E-state index contributed by atoms with van der Waals surface area (Å²) in [7, 11) is 0. The maximum Gasteiger partial charge on any atom is 0.220 e. The first-order valence-electron chi connectivity index (χ1n) is 4.72. The number of aromatic nitrogens is 1. The van der Waals surface area contributed by atoms with Gasteiger partial charge in [0.05, 0.1) is 0 Å². The third-order valence-electron chi connectivity index (χ3n) is 2.06. The molecular weight excluding hydrogens is 273 g/mol. The van der Waals surface area contributed by atoms with Crippen molar-refractivity contribution in [3.63, 3.8) is 0 Å². The van der Waals surface area contributed by atoms with E-state index >= 15 is 0 Å². The van der Waals surface area contributed by atoms with E-state index < -0.39 is 0 Å². The van der Waals surface area contributed by atoms with Gasteiger partial charge >= 0.3 is 0 Å². The van der Waals surface area contributed by atoms with Gasteiger partial charge in [0.1, 0.15) is 4.60 Å². The Bertz CT molecular complexity index is 516. The molecule has 0 saturated heterocycles. The van der Waals surface area contributed by atoms with Crippen LogP contribution in [0.3, 0.4) is 0 Å². The summed E-state index contributed by atoms with van der Waals surface area (Å²) in [6, 6.07) is 10.2. The Labute approximate surface area is 101 Å². The summed E-state index contributed by atoms with van der Waals surface area (Å²) >= 11 is 3.22. The Morgan fingerprint density at radius 1 is 1.19 bits per heavy atom. The number of nitrogens with zero attached hydrogens (tertiary/aromatic N) is 1. The summed E-state index contributed by atoms with van der Waals surface area (Å²) in [6.45, 7) is 1.69. The van der Waals surface area contributed by atoms with Gasteiger partial charge in [-0.2, -0.15) is 0 Å². The van der Waals surface area contributed by atoms with Crippen molar-refractivity contribution in [3.8, 4) is 11.6 Å². The standard InChI is InChI=1S/C12H9BrFNO/c1-8-4-2-5-9(12(8)14)16-11-7-3-6-10(13)15-11/h2-7H,1H3. The normalized spacial score (nSPS) is 10.2. The van der Waals surface area contributed by atoms with Crippen molar-refractivity contribution in [2.45, 2.75) is 6.92 Å². The lowest BCUT2D eigenvalue weighted by atomic mass is 10.2. The zero-order valence-corrected chi connectivity index (χ0v) is 10.2. The van der Waals surface area contributed by atoms with E-state index in [2.05, 4.69) is 20.9 Å². The molecule has 0 saturated carbocycles. The highest BCUT2D eigenvalue weighted by atomic mass is 79.9. The zero-order valence-electron chi connectivity index (χ0n) is 8.58. The molecule has 1 heterocycles. The van der Waals surface area contributed by atoms with E-state index in [0.717, 1.165) is 0 Å². The third-order valence-corrected chi connectivity index (χ3v) is 2.50. The molecule has 1 aromatic heterocycles. The average Bonchev–Trinajstić information content (AvgIpc) is 2.25. The van der Waals surface area contributed by atoms with E-state index in [1.807, 2.05) is 0 Å². The van der Waals surface area contributed by atoms with Gasteiger partial charge in [0, 0.05) is 6.07 Å². The van der Waals surface area contributed by atoms with Crippen LogP contribution in [0.15, 0.2) is 41.0 Å². The first kappa shape index (κ1) is 11.1. The fourth-order valence-corrected chi connectivity index (χ4v) is 1.59. The topological polar surface area (TPSA) is 22.1 Å². The second kappa shape index (κ2) is 4.61. The fourth-order valence-electron chi connectivity index (χ4n) is 1.26. The Kier molecular flexibility index (Phi) is 3.19. The van der Waals surface area contributed by atoms with Crippen molar-refractivity contribution in [2.75, 3.05) is 0 Å². The summed E-state index contributed by atoms with van der Waals surface area (Å²) in [5, 5.41) is 0. The molecule has 0 amide bonds. The quantitative estimate of drug-likeness (QED) is 0.774. The van der Waals surface area contributed by atoms with Crippen LogP contribution in [-0.2, 0) is 0 Å². The molecule has 0 fully saturated rings. The van der Waals surface area contributed by atoms with Crippen LogP contribution in [0, 0.1) is 12.7 Å². The Morgan fingerprint density at radius 2 is 1.94 bits per heavy atom. The minimum Gasteiger partial charge on any atom is -0.436 e. The fraction of sp³-hybridized carbons (Fsp3) is 0.0833. The number of ether oxygens (including phenoxy) is 1. The number of hydrogen-bond donors (Lipinski definition) is 0. The SMILES string of the molecule is Cc1cccc(Oc2cccc(Br)n2)c1F. The van der Waals surface area contributed by atoms with Crippen molar-refractivity contribution >= 4 is 15.9 Å². The lowest BCUT2D eigenvalue weighted by Crippen LogP contribution is -1.92. The number of pyridine rings is 1. The molecule has 2 rings (SSSR count). The molecule has 0 bridgehead atoms. The monoisotopic (exact) mass is 281 g/mol. The maximum absolute atomic E-state index is 13.6. The van der Waals surface area contributed by atoms with Crippen molar-refractivity contribution in [3.05, 3.63) is 52.4 Å². The molecule has 0 atom stereocenters. The van der Waals surface area contributed by atoms with E-state index in [0.29, 0.717) is 16.0 Å². The van der Waals surface area contributed by atoms with Crippen LogP contribution < -0.4 is 4.74 Å². The summed E-state index contributed by atoms with van der Waals surface area (Å²) in [5.74, 6) is 0.189. The second-order valence-electron chi connectivity index (χ2n) is 3.29. The van der Waals surface area contributed by atoms with Gasteiger partial charge in [-0.15, -0.1) is 0 Å². The molecule has 0 aliphatic heterocycles. The molecule has 0 radical (unpaired) electrons. The molecule has 2 nitrogen and oxygen atoms in total. The number of aryl methyl sites for hydroxylation is 1. The van der Waals surface area contributed by atoms with Crippen LogP contribution in [-0.4, -0.2) is 4.98 Å². The number of hydrogen-bond acceptors (Lipinski definition) is 2. The zero-order chi connectivity index (χ0) is 11.5. The molecule has 0 aliphatic rings. The molecule has 82 valence electrons. The Hall–Kier alpha value is -1.42. The minimum absolute atomic E-state index is 0.186. The lowest BCUT2D eigenvalue weighted by Gasteiger charge is -2.07. The van der Waals surface area contributed by atoms with Crippen LogP contribution in [0.1, 0.15) is 5.56 Å². The van der Waals surface area contributed by atoms with Crippen LogP contribution in [0.4, 0.5) is 4.39 Å². The Morgan fingerprint density at radius 3 is 2.69 bits per heavy atom. The molecular formula is C12H9BrFNO. The predicted octanol–water partition coefficient (Wildman–Crippen LogP) is 4.08. The largest absolute Gasteiger partial charge is 0.436 e. The van der Waals surface area contributed by atoms with E-state index in [9.17, 15) is 4.39 Å². The van der Waals surface area contributed by atoms with E-state index in [1.165, 1.54) is 0 Å². The summed E-state index contributed by atoms with van der Waals surface area (Å²) in [4.78, 5) is 4.07. The van der Waals surface area contributed by atoms with Crippen LogP contribution in [0.5, 0.6) is 11.6 Å². The molecule has 0 aliphatic carbocycles. The number of benzene rings is 1. The highest BCUT2D eigenvalue weighted by Crippen LogP contribution is 2.25. The van der Waals surface area contributed by atoms with Crippen molar-refractivity contribution in [1.29, 1.82) is 0 Å². The predicted molar refractivity (Wildman–Crippen MR) is 63.1 cm³/mol. The van der Waals surface area contributed by atoms with Gasteiger partial charge < -0.3 is 4.74 Å².